The van der Waals surface area contributed by atoms with Gasteiger partial charge in [-0.2, -0.15) is 0 Å². The van der Waals surface area contributed by atoms with E-state index in [2.05, 4.69) is 12.2 Å². The molecule has 0 radical (unpaired) electrons. The smallest absolute Gasteiger partial charge is 0.135 e. The van der Waals surface area contributed by atoms with Gasteiger partial charge in [-0.05, 0) is 13.3 Å². The summed E-state index contributed by atoms with van der Waals surface area (Å²) in [6.45, 7) is 4.10. The Morgan fingerprint density at radius 3 is 2.23 bits per heavy atom. The Morgan fingerprint density at radius 2 is 1.92 bits per heavy atom. The fraction of sp³-hybridized carbons (Fsp3) is 1.00. The summed E-state index contributed by atoms with van der Waals surface area (Å²) in [5.74, 6) is -0.00352. The molecular formula is C8H22N2O2Si. The molecule has 0 spiro atoms. The minimum absolute atomic E-state index is 0.00352. The first-order valence-electron chi connectivity index (χ1n) is 4.71. The molecule has 0 rings (SSSR count). The zero-order valence-corrected chi connectivity index (χ0v) is 10.5. The van der Waals surface area contributed by atoms with E-state index in [0.717, 1.165) is 6.42 Å². The van der Waals surface area contributed by atoms with Gasteiger partial charge in [0, 0.05) is 19.9 Å². The Balaban J connectivity index is 3.80. The lowest BCUT2D eigenvalue weighted by Crippen LogP contribution is -2.48. The van der Waals surface area contributed by atoms with E-state index in [1.54, 1.807) is 14.2 Å². The topological polar surface area (TPSA) is 56.5 Å². The van der Waals surface area contributed by atoms with Crippen molar-refractivity contribution in [3.05, 3.63) is 0 Å². The van der Waals surface area contributed by atoms with Crippen molar-refractivity contribution in [2.45, 2.75) is 38.0 Å². The molecule has 2 unspecified atom stereocenters. The molecule has 0 aliphatic rings. The van der Waals surface area contributed by atoms with Crippen LogP contribution in [0.5, 0.6) is 0 Å². The van der Waals surface area contributed by atoms with Gasteiger partial charge in [-0.1, -0.05) is 6.92 Å². The van der Waals surface area contributed by atoms with Gasteiger partial charge in [0.05, 0.1) is 6.17 Å². The summed E-state index contributed by atoms with van der Waals surface area (Å²) < 4.78 is 10.3. The number of rotatable bonds is 7. The first-order valence-corrected chi connectivity index (χ1v) is 6.34. The maximum atomic E-state index is 5.66. The highest BCUT2D eigenvalue weighted by Gasteiger charge is 2.15. The van der Waals surface area contributed by atoms with Crippen LogP contribution in [0.2, 0.25) is 0 Å². The van der Waals surface area contributed by atoms with Gasteiger partial charge in [-0.15, -0.1) is 0 Å². The van der Waals surface area contributed by atoms with E-state index >= 15 is 0 Å². The van der Waals surface area contributed by atoms with Gasteiger partial charge in [0.15, 0.2) is 0 Å². The zero-order chi connectivity index (χ0) is 10.3. The Morgan fingerprint density at radius 1 is 1.38 bits per heavy atom. The lowest BCUT2D eigenvalue weighted by molar-refractivity contribution is -0.0451. The van der Waals surface area contributed by atoms with Crippen molar-refractivity contribution < 1.29 is 9.47 Å². The highest BCUT2D eigenvalue weighted by atomic mass is 28.2. The molecule has 0 aromatic rings. The second kappa shape index (κ2) is 7.46. The molecular weight excluding hydrogens is 184 g/mol. The third kappa shape index (κ3) is 6.17. The number of hydrogen-bond acceptors (Lipinski definition) is 4. The van der Waals surface area contributed by atoms with Gasteiger partial charge in [-0.25, -0.2) is 0 Å². The van der Waals surface area contributed by atoms with Crippen LogP contribution in [0.25, 0.3) is 0 Å². The van der Waals surface area contributed by atoms with Crippen LogP contribution in [0.15, 0.2) is 0 Å². The van der Waals surface area contributed by atoms with Crippen LogP contribution < -0.4 is 11.1 Å². The van der Waals surface area contributed by atoms with E-state index in [4.69, 9.17) is 15.2 Å². The van der Waals surface area contributed by atoms with Gasteiger partial charge < -0.3 is 20.5 Å². The lowest BCUT2D eigenvalue weighted by atomic mass is 10.4. The number of nitrogens with two attached hydrogens (primary N) is 1. The number of hydrogen-bond donors (Lipinski definition) is 2. The van der Waals surface area contributed by atoms with Crippen molar-refractivity contribution in [3.8, 4) is 0 Å². The lowest BCUT2D eigenvalue weighted by Gasteiger charge is -2.22. The molecule has 0 aliphatic heterocycles. The predicted molar refractivity (Wildman–Crippen MR) is 57.2 cm³/mol. The minimum Gasteiger partial charge on any atom is -0.360 e. The second-order valence-electron chi connectivity index (χ2n) is 3.20. The molecule has 0 fully saturated rings. The predicted octanol–water partition coefficient (Wildman–Crippen LogP) is -0.638. The average Bonchev–Trinajstić information content (AvgIpc) is 2.11. The SMILES string of the molecule is CCC(NC(C)N)[SiH2]C(OC)OC. The van der Waals surface area contributed by atoms with E-state index in [0.29, 0.717) is 5.67 Å². The third-order valence-corrected chi connectivity index (χ3v) is 4.43. The van der Waals surface area contributed by atoms with E-state index in [9.17, 15) is 0 Å². The molecule has 0 heterocycles. The molecule has 80 valence electrons. The van der Waals surface area contributed by atoms with Gasteiger partial charge in [0.2, 0.25) is 0 Å². The summed E-state index contributed by atoms with van der Waals surface area (Å²) in [6, 6.07) is 0. The maximum absolute atomic E-state index is 5.66. The zero-order valence-electron chi connectivity index (χ0n) is 9.04. The largest absolute Gasteiger partial charge is 0.360 e. The van der Waals surface area contributed by atoms with Crippen molar-refractivity contribution in [1.29, 1.82) is 0 Å². The molecule has 0 aromatic heterocycles. The highest BCUT2D eigenvalue weighted by Crippen LogP contribution is 1.96. The van der Waals surface area contributed by atoms with Gasteiger partial charge >= 0.3 is 0 Å². The molecule has 0 saturated heterocycles. The van der Waals surface area contributed by atoms with Crippen molar-refractivity contribution in [2.24, 2.45) is 5.73 Å². The van der Waals surface area contributed by atoms with Crippen molar-refractivity contribution in [3.63, 3.8) is 0 Å². The number of nitrogens with one attached hydrogen (secondary N) is 1. The fourth-order valence-electron chi connectivity index (χ4n) is 1.25. The second-order valence-corrected chi connectivity index (χ2v) is 5.32. The molecule has 0 amide bonds. The standard InChI is InChI=1S/C8H22N2O2Si/c1-5-7(10-6(2)9)13-8(11-3)12-4/h6-8,10H,5,9,13H2,1-4H3. The van der Waals surface area contributed by atoms with Gasteiger partial charge in [0.1, 0.15) is 15.4 Å². The maximum Gasteiger partial charge on any atom is 0.135 e. The van der Waals surface area contributed by atoms with Crippen LogP contribution in [0.3, 0.4) is 0 Å². The molecule has 2 atom stereocenters. The summed E-state index contributed by atoms with van der Waals surface area (Å²) in [5.41, 5.74) is 6.15. The van der Waals surface area contributed by atoms with E-state index in [1.165, 1.54) is 0 Å². The molecule has 3 N–H and O–H groups in total. The molecule has 0 aromatic carbocycles. The van der Waals surface area contributed by atoms with Gasteiger partial charge in [-0.3, -0.25) is 0 Å². The van der Waals surface area contributed by atoms with Crippen LogP contribution in [0.1, 0.15) is 20.3 Å². The molecule has 13 heavy (non-hydrogen) atoms. The summed E-state index contributed by atoms with van der Waals surface area (Å²) in [7, 11) is 2.92. The fourth-order valence-corrected chi connectivity index (χ4v) is 2.94. The Kier molecular flexibility index (Phi) is 7.49. The molecule has 0 aliphatic carbocycles. The van der Waals surface area contributed by atoms with Crippen molar-refractivity contribution in [2.75, 3.05) is 14.2 Å². The van der Waals surface area contributed by atoms with Crippen LogP contribution in [-0.4, -0.2) is 41.5 Å². The normalized spacial score (nSPS) is 17.1. The van der Waals surface area contributed by atoms with E-state index < -0.39 is 9.52 Å². The Bertz CT molecular complexity index is 121. The monoisotopic (exact) mass is 206 g/mol. The molecule has 4 nitrogen and oxygen atoms in total. The first-order chi connectivity index (χ1) is 6.13. The van der Waals surface area contributed by atoms with Crippen molar-refractivity contribution in [1.82, 2.24) is 5.32 Å². The summed E-state index contributed by atoms with van der Waals surface area (Å²) in [4.78, 5) is 0. The summed E-state index contributed by atoms with van der Waals surface area (Å²) in [5, 5.41) is 3.31. The Labute approximate surface area is 83.0 Å². The van der Waals surface area contributed by atoms with Crippen LogP contribution in [-0.2, 0) is 9.47 Å². The first kappa shape index (κ1) is 13.1. The van der Waals surface area contributed by atoms with Crippen LogP contribution in [0.4, 0.5) is 0 Å². The van der Waals surface area contributed by atoms with Crippen molar-refractivity contribution >= 4 is 9.52 Å². The van der Waals surface area contributed by atoms with E-state index in [-0.39, 0.29) is 12.1 Å². The van der Waals surface area contributed by atoms with E-state index in [1.807, 2.05) is 6.92 Å². The molecule has 0 saturated carbocycles. The molecule has 0 bridgehead atoms. The van der Waals surface area contributed by atoms with Crippen LogP contribution >= 0.6 is 0 Å². The molecule has 5 heteroatoms. The minimum atomic E-state index is -0.439. The van der Waals surface area contributed by atoms with Gasteiger partial charge in [0.25, 0.3) is 0 Å². The quantitative estimate of drug-likeness (QED) is 0.430. The average molecular weight is 206 g/mol. The highest BCUT2D eigenvalue weighted by molar-refractivity contribution is 6.38. The van der Waals surface area contributed by atoms with Crippen LogP contribution in [0, 0.1) is 0 Å². The summed E-state index contributed by atoms with van der Waals surface area (Å²) >= 11 is 0. The number of ether oxygens (including phenoxy) is 2. The third-order valence-electron chi connectivity index (χ3n) is 1.99. The summed E-state index contributed by atoms with van der Waals surface area (Å²) in [6.07, 6.45) is 1.13. The number of methoxy groups -OCH3 is 2. The Hall–Kier alpha value is 0.0569.